The number of furan rings is 1. The third kappa shape index (κ3) is 12.4. The van der Waals surface area contributed by atoms with E-state index < -0.39 is 0 Å². The molecular formula is C141H89N7O. The zero-order chi connectivity index (χ0) is 97.7. The highest BCUT2D eigenvalue weighted by molar-refractivity contribution is 6.20. The summed E-state index contributed by atoms with van der Waals surface area (Å²) in [4.78, 5) is 0. The Kier molecular flexibility index (Phi) is 17.7. The minimum absolute atomic E-state index is 0.192. The van der Waals surface area contributed by atoms with Crippen LogP contribution in [-0.4, -0.2) is 32.0 Å². The first-order valence-electron chi connectivity index (χ1n) is 51.5. The molecule has 0 bridgehead atoms. The largest absolute Gasteiger partial charge is 0.456 e. The molecular weight excluding hydrogens is 1810 g/mol. The molecule has 31 aromatic rings. The molecule has 1 aliphatic rings. The number of rotatable bonds is 13. The van der Waals surface area contributed by atoms with Crippen molar-refractivity contribution >= 4 is 175 Å². The zero-order valence-corrected chi connectivity index (χ0v) is 81.5. The zero-order valence-electron chi connectivity index (χ0n) is 81.5. The number of benzene rings is 23. The van der Waals surface area contributed by atoms with Crippen LogP contribution in [0.25, 0.3) is 292 Å². The average molecular weight is 1900 g/mol. The van der Waals surface area contributed by atoms with Crippen LogP contribution >= 0.6 is 0 Å². The van der Waals surface area contributed by atoms with Gasteiger partial charge in [-0.05, 0) is 320 Å². The van der Waals surface area contributed by atoms with Crippen molar-refractivity contribution < 1.29 is 4.42 Å². The standard InChI is InChI=1S/C141H89N7O/c1-141(2)123-38-14-6-30-105(123)114-84-122-120-81-96(93-53-67-131-115(78-93)108-33-9-17-41-127(108)142(131)98-26-4-3-5-27-98)58-72-136(120)148(138(122)85-124(114)141)103-29-23-25-90(75-103)89-24-22-28-102(74-89)146-130-44-20-12-36-111(130)118-79-94(56-70-134(118)146)95-57-71-135-119(80-95)121-83-104(147-125-39-15-7-31-106(125)107-32-8-16-40-126(107)147)65-73-137(121)145(135)101-61-48-87(49-62-101)86-46-59-99(60-47-86)143-128-42-18-10-34-109(128)116-76-91(54-68-132(116)143)92-55-69-133-117(77-92)110-35-11-19-43-129(110)144(133)100-63-50-88(51-64-100)97-52-66-113-112-37-13-21-45-139(112)149-140(113)82-97/h3-85H,1-2H3. The minimum Gasteiger partial charge on any atom is -0.456 e. The van der Waals surface area contributed by atoms with Crippen LogP contribution in [0.4, 0.5) is 0 Å². The number of aromatic nitrogens is 7. The molecule has 32 rings (SSSR count). The molecule has 0 radical (unpaired) electrons. The summed E-state index contributed by atoms with van der Waals surface area (Å²) in [5.74, 6) is 0. The number of hydrogen-bond acceptors (Lipinski definition) is 1. The van der Waals surface area contributed by atoms with Crippen LogP contribution in [0.1, 0.15) is 25.0 Å². The van der Waals surface area contributed by atoms with Crippen molar-refractivity contribution in [1.82, 2.24) is 32.0 Å². The van der Waals surface area contributed by atoms with Crippen molar-refractivity contribution in [3.8, 4) is 118 Å². The lowest BCUT2D eigenvalue weighted by Gasteiger charge is -2.21. The van der Waals surface area contributed by atoms with Gasteiger partial charge in [0.15, 0.2) is 0 Å². The van der Waals surface area contributed by atoms with Gasteiger partial charge < -0.3 is 36.4 Å². The molecule has 23 aromatic carbocycles. The van der Waals surface area contributed by atoms with Crippen LogP contribution in [0.5, 0.6) is 0 Å². The molecule has 0 saturated carbocycles. The van der Waals surface area contributed by atoms with Gasteiger partial charge in [-0.3, -0.25) is 0 Å². The van der Waals surface area contributed by atoms with Gasteiger partial charge >= 0.3 is 0 Å². The van der Waals surface area contributed by atoms with E-state index in [0.29, 0.717) is 0 Å². The molecule has 0 atom stereocenters. The highest BCUT2D eigenvalue weighted by Crippen LogP contribution is 2.54. The first-order valence-corrected chi connectivity index (χ1v) is 51.5. The summed E-state index contributed by atoms with van der Waals surface area (Å²) in [6.45, 7) is 4.78. The lowest BCUT2D eigenvalue weighted by atomic mass is 9.82. The van der Waals surface area contributed by atoms with Crippen LogP contribution in [0.15, 0.2) is 508 Å². The molecule has 0 N–H and O–H groups in total. The van der Waals surface area contributed by atoms with Crippen molar-refractivity contribution in [2.24, 2.45) is 0 Å². The van der Waals surface area contributed by atoms with Gasteiger partial charge in [0, 0.05) is 131 Å². The highest BCUT2D eigenvalue weighted by Gasteiger charge is 2.37. The molecule has 0 amide bonds. The molecule has 8 heterocycles. The van der Waals surface area contributed by atoms with Gasteiger partial charge in [0.1, 0.15) is 11.2 Å². The summed E-state index contributed by atoms with van der Waals surface area (Å²) < 4.78 is 23.4. The fraction of sp³-hybridized carbons (Fsp3) is 0.0213. The van der Waals surface area contributed by atoms with E-state index in [4.69, 9.17) is 4.42 Å². The second kappa shape index (κ2) is 31.7. The Labute approximate surface area is 856 Å². The molecule has 0 fully saturated rings. The molecule has 149 heavy (non-hydrogen) atoms. The third-order valence-electron chi connectivity index (χ3n) is 32.7. The van der Waals surface area contributed by atoms with E-state index in [9.17, 15) is 0 Å². The number of nitrogens with zero attached hydrogens (tertiary/aromatic N) is 7. The summed E-state index contributed by atoms with van der Waals surface area (Å²) in [5.41, 5.74) is 45.0. The Bertz CT molecular complexity index is 11100. The molecule has 0 saturated heterocycles. The number of para-hydroxylation sites is 8. The van der Waals surface area contributed by atoms with Crippen LogP contribution in [0.3, 0.4) is 0 Å². The predicted octanol–water partition coefficient (Wildman–Crippen LogP) is 37.6. The van der Waals surface area contributed by atoms with Crippen molar-refractivity contribution in [2.75, 3.05) is 0 Å². The maximum Gasteiger partial charge on any atom is 0.136 e. The maximum absolute atomic E-state index is 6.31. The van der Waals surface area contributed by atoms with Gasteiger partial charge in [-0.2, -0.15) is 0 Å². The topological polar surface area (TPSA) is 47.6 Å². The SMILES string of the molecule is CC1(C)c2ccccc2-c2cc3c4cc(-c5ccc6c(c5)c5ccccc5n6-c5ccccc5)ccc4n(-c4cccc(-c5cccc(-n6c7ccccc7c7cc(-c8ccc9c(c8)c8cc(-n%10c%11ccccc%11c%11ccccc%11%10)ccc8n9-c8ccc(-c9ccc(-n%10c%11ccccc%11c%11cc(-c%12ccc%13c(c%12)c%12ccccc%12n%13-c%12ccc(-c%13ccc%14c(c%13)oc%13ccccc%13%14)cc%12)ccc%11%10)cc9)cc8)ccc76)c5)c4)c3cc21. The molecule has 8 heteroatoms. The van der Waals surface area contributed by atoms with Crippen molar-refractivity contribution in [2.45, 2.75) is 19.3 Å². The van der Waals surface area contributed by atoms with Gasteiger partial charge in [0.25, 0.3) is 0 Å². The van der Waals surface area contributed by atoms with Gasteiger partial charge in [0.2, 0.25) is 0 Å². The first kappa shape index (κ1) is 83.0. The monoisotopic (exact) mass is 1900 g/mol. The first-order chi connectivity index (χ1) is 73.6. The molecule has 1 aliphatic carbocycles. The molecule has 694 valence electrons. The second-order valence-corrected chi connectivity index (χ2v) is 41.0. The van der Waals surface area contributed by atoms with Crippen molar-refractivity contribution in [1.29, 1.82) is 0 Å². The lowest BCUT2D eigenvalue weighted by molar-refractivity contribution is 0.661. The van der Waals surface area contributed by atoms with E-state index in [-0.39, 0.29) is 5.41 Å². The molecule has 0 aliphatic heterocycles. The Hall–Kier alpha value is -19.5. The summed E-state index contributed by atoms with van der Waals surface area (Å²) >= 11 is 0. The Balaban J connectivity index is 0.459. The van der Waals surface area contributed by atoms with E-state index in [2.05, 4.69) is 537 Å². The molecule has 8 aromatic heterocycles. The summed E-state index contributed by atoms with van der Waals surface area (Å²) in [5, 5.41) is 19.3. The number of hydrogen-bond donors (Lipinski definition) is 0. The predicted molar refractivity (Wildman–Crippen MR) is 624 cm³/mol. The quantitative estimate of drug-likeness (QED) is 0.113. The summed E-state index contributed by atoms with van der Waals surface area (Å²) in [6.07, 6.45) is 0. The van der Waals surface area contributed by atoms with Crippen LogP contribution in [-0.2, 0) is 5.41 Å². The average Bonchev–Trinajstić information content (AvgIpc) is 1.55. The highest BCUT2D eigenvalue weighted by atomic mass is 16.3. The van der Waals surface area contributed by atoms with E-state index >= 15 is 0 Å². The van der Waals surface area contributed by atoms with Gasteiger partial charge in [0.05, 0.1) is 77.2 Å². The normalized spacial score (nSPS) is 12.7. The van der Waals surface area contributed by atoms with E-state index in [1.807, 2.05) is 12.1 Å². The van der Waals surface area contributed by atoms with Crippen LogP contribution in [0.2, 0.25) is 0 Å². The lowest BCUT2D eigenvalue weighted by Crippen LogP contribution is -2.14. The Morgan fingerprint density at radius 2 is 0.389 bits per heavy atom. The van der Waals surface area contributed by atoms with Crippen LogP contribution < -0.4 is 0 Å². The van der Waals surface area contributed by atoms with Crippen molar-refractivity contribution in [3.63, 3.8) is 0 Å². The fourth-order valence-electron chi connectivity index (χ4n) is 25.7. The van der Waals surface area contributed by atoms with E-state index in [1.165, 1.54) is 170 Å². The number of fused-ring (bicyclic) bond motifs is 27. The molecule has 0 spiro atoms. The van der Waals surface area contributed by atoms with Crippen molar-refractivity contribution in [3.05, 3.63) is 515 Å². The van der Waals surface area contributed by atoms with Crippen LogP contribution in [0, 0.1) is 0 Å². The third-order valence-corrected chi connectivity index (χ3v) is 32.7. The molecule has 0 unspecified atom stereocenters. The minimum atomic E-state index is -0.192. The van der Waals surface area contributed by atoms with E-state index in [1.54, 1.807) is 0 Å². The summed E-state index contributed by atoms with van der Waals surface area (Å²) in [6, 6.07) is 188. The van der Waals surface area contributed by atoms with Gasteiger partial charge in [-0.15, -0.1) is 0 Å². The Morgan fingerprint density at radius 3 is 0.805 bits per heavy atom. The maximum atomic E-state index is 6.31. The Morgan fingerprint density at radius 1 is 0.134 bits per heavy atom. The second-order valence-electron chi connectivity index (χ2n) is 41.0. The smallest absolute Gasteiger partial charge is 0.136 e. The molecule has 8 nitrogen and oxygen atoms in total. The van der Waals surface area contributed by atoms with Gasteiger partial charge in [-0.25, -0.2) is 0 Å². The van der Waals surface area contributed by atoms with Gasteiger partial charge in [-0.1, -0.05) is 287 Å². The van der Waals surface area contributed by atoms with E-state index in [0.717, 1.165) is 134 Å². The summed E-state index contributed by atoms with van der Waals surface area (Å²) in [7, 11) is 0. The fourth-order valence-corrected chi connectivity index (χ4v) is 25.7.